The Morgan fingerprint density at radius 2 is 2.16 bits per heavy atom. The zero-order valence-electron chi connectivity index (χ0n) is 14.4. The van der Waals surface area contributed by atoms with E-state index in [9.17, 15) is 14.4 Å². The average molecular weight is 408 g/mol. The zero-order valence-corrected chi connectivity index (χ0v) is 16.0. The molecule has 0 saturated carbocycles. The number of halogens is 1. The molecule has 2 fully saturated rings. The zero-order chi connectivity index (χ0) is 18.2. The molecule has 2 atom stereocenters. The van der Waals surface area contributed by atoms with Crippen LogP contribution in [0.1, 0.15) is 32.3 Å². The first-order valence-electron chi connectivity index (χ1n) is 8.49. The first kappa shape index (κ1) is 17.9. The number of nitrogens with one attached hydrogen (secondary N) is 1. The van der Waals surface area contributed by atoms with Crippen LogP contribution in [0.3, 0.4) is 0 Å². The maximum atomic E-state index is 12.9. The van der Waals surface area contributed by atoms with Gasteiger partial charge in [0.15, 0.2) is 0 Å². The van der Waals surface area contributed by atoms with Gasteiger partial charge in [-0.3, -0.25) is 14.5 Å². The number of likely N-dealkylation sites (tertiary alicyclic amines) is 1. The molecular formula is C18H22BrN3O3. The lowest BCUT2D eigenvalue weighted by atomic mass is 9.92. The number of nitrogens with zero attached hydrogens (tertiary/aromatic N) is 2. The van der Waals surface area contributed by atoms with Crippen LogP contribution >= 0.6 is 15.9 Å². The fourth-order valence-corrected chi connectivity index (χ4v) is 3.89. The molecule has 4 amide bonds. The van der Waals surface area contributed by atoms with Crippen LogP contribution in [-0.4, -0.2) is 47.3 Å². The van der Waals surface area contributed by atoms with Gasteiger partial charge in [-0.1, -0.05) is 35.0 Å². The third-order valence-corrected chi connectivity index (χ3v) is 5.47. The lowest BCUT2D eigenvalue weighted by molar-refractivity contribution is -0.139. The molecule has 25 heavy (non-hydrogen) atoms. The summed E-state index contributed by atoms with van der Waals surface area (Å²) in [5, 5.41) is 2.74. The number of imide groups is 1. The van der Waals surface area contributed by atoms with Crippen LogP contribution in [0.2, 0.25) is 0 Å². The fraction of sp³-hybridized carbons (Fsp3) is 0.500. The monoisotopic (exact) mass is 407 g/mol. The van der Waals surface area contributed by atoms with Crippen molar-refractivity contribution in [2.24, 2.45) is 5.92 Å². The molecule has 2 heterocycles. The van der Waals surface area contributed by atoms with E-state index in [2.05, 4.69) is 28.2 Å². The standard InChI is InChI=1S/C18H22BrN3O3/c1-12-5-4-8-21(10-12)15(23)11-22-16(24)18(2,20-17(22)25)13-6-3-7-14(19)9-13/h3,6-7,9,12H,4-5,8,10-11H2,1-2H3,(H,20,25). The molecule has 2 unspecified atom stereocenters. The number of hydrogen-bond acceptors (Lipinski definition) is 3. The summed E-state index contributed by atoms with van der Waals surface area (Å²) < 4.78 is 0.824. The van der Waals surface area contributed by atoms with Crippen molar-refractivity contribution in [1.82, 2.24) is 15.1 Å². The summed E-state index contributed by atoms with van der Waals surface area (Å²) in [5.74, 6) is -0.115. The number of carbonyl (C=O) groups excluding carboxylic acids is 3. The smallest absolute Gasteiger partial charge is 0.325 e. The summed E-state index contributed by atoms with van der Waals surface area (Å²) in [6.45, 7) is 4.95. The Bertz CT molecular complexity index is 723. The molecular weight excluding hydrogens is 386 g/mol. The van der Waals surface area contributed by atoms with Crippen molar-refractivity contribution in [1.29, 1.82) is 0 Å². The highest BCUT2D eigenvalue weighted by Crippen LogP contribution is 2.30. The van der Waals surface area contributed by atoms with Crippen molar-refractivity contribution in [3.63, 3.8) is 0 Å². The van der Waals surface area contributed by atoms with Crippen LogP contribution in [0.4, 0.5) is 4.79 Å². The van der Waals surface area contributed by atoms with Gasteiger partial charge in [-0.15, -0.1) is 0 Å². The molecule has 0 bridgehead atoms. The first-order valence-corrected chi connectivity index (χ1v) is 9.28. The highest BCUT2D eigenvalue weighted by atomic mass is 79.9. The Labute approximate surface area is 155 Å². The van der Waals surface area contributed by atoms with Crippen LogP contribution in [-0.2, 0) is 15.1 Å². The number of rotatable bonds is 3. The summed E-state index contributed by atoms with van der Waals surface area (Å²) in [5.41, 5.74) is -0.474. The second kappa shape index (κ2) is 6.78. The predicted molar refractivity (Wildman–Crippen MR) is 96.7 cm³/mol. The third kappa shape index (κ3) is 3.42. The number of benzene rings is 1. The first-order chi connectivity index (χ1) is 11.8. The third-order valence-electron chi connectivity index (χ3n) is 4.98. The summed E-state index contributed by atoms with van der Waals surface area (Å²) in [4.78, 5) is 40.6. The van der Waals surface area contributed by atoms with Gasteiger partial charge < -0.3 is 10.2 Å². The largest absolute Gasteiger partial charge is 0.341 e. The van der Waals surface area contributed by atoms with E-state index in [0.717, 1.165) is 22.2 Å². The molecule has 1 N–H and O–H groups in total. The quantitative estimate of drug-likeness (QED) is 0.782. The normalized spacial score (nSPS) is 26.8. The minimum Gasteiger partial charge on any atom is -0.341 e. The van der Waals surface area contributed by atoms with Crippen LogP contribution in [0.15, 0.2) is 28.7 Å². The molecule has 7 heteroatoms. The Morgan fingerprint density at radius 1 is 1.40 bits per heavy atom. The maximum Gasteiger partial charge on any atom is 0.325 e. The van der Waals surface area contributed by atoms with E-state index in [1.54, 1.807) is 24.0 Å². The maximum absolute atomic E-state index is 12.9. The summed E-state index contributed by atoms with van der Waals surface area (Å²) >= 11 is 3.38. The highest BCUT2D eigenvalue weighted by molar-refractivity contribution is 9.10. The van der Waals surface area contributed by atoms with Crippen molar-refractivity contribution in [2.75, 3.05) is 19.6 Å². The van der Waals surface area contributed by atoms with Gasteiger partial charge >= 0.3 is 6.03 Å². The number of hydrogen-bond donors (Lipinski definition) is 1. The Kier molecular flexibility index (Phi) is 4.86. The molecule has 1 aromatic rings. The molecule has 0 aliphatic carbocycles. The van der Waals surface area contributed by atoms with Gasteiger partial charge in [0.1, 0.15) is 12.1 Å². The van der Waals surface area contributed by atoms with E-state index in [1.807, 2.05) is 12.1 Å². The minimum absolute atomic E-state index is 0.173. The lowest BCUT2D eigenvalue weighted by Crippen LogP contribution is -2.47. The van der Waals surface area contributed by atoms with Crippen molar-refractivity contribution < 1.29 is 14.4 Å². The summed E-state index contributed by atoms with van der Waals surface area (Å²) in [6.07, 6.45) is 2.07. The fourth-order valence-electron chi connectivity index (χ4n) is 3.49. The van der Waals surface area contributed by atoms with Gasteiger partial charge in [-0.25, -0.2) is 4.79 Å². The van der Waals surface area contributed by atoms with E-state index < -0.39 is 17.5 Å². The van der Waals surface area contributed by atoms with E-state index >= 15 is 0 Å². The molecule has 3 rings (SSSR count). The van der Waals surface area contributed by atoms with Gasteiger partial charge in [0.05, 0.1) is 0 Å². The van der Waals surface area contributed by atoms with Crippen molar-refractivity contribution in [3.05, 3.63) is 34.3 Å². The van der Waals surface area contributed by atoms with Crippen LogP contribution in [0, 0.1) is 5.92 Å². The molecule has 0 aromatic heterocycles. The van der Waals surface area contributed by atoms with Gasteiger partial charge in [0.25, 0.3) is 5.91 Å². The van der Waals surface area contributed by atoms with Crippen LogP contribution < -0.4 is 5.32 Å². The Morgan fingerprint density at radius 3 is 2.84 bits per heavy atom. The van der Waals surface area contributed by atoms with E-state index in [4.69, 9.17) is 0 Å². The lowest BCUT2D eigenvalue weighted by Gasteiger charge is -2.31. The predicted octanol–water partition coefficient (Wildman–Crippen LogP) is 2.47. The number of urea groups is 1. The Hall–Kier alpha value is -1.89. The van der Waals surface area contributed by atoms with Gasteiger partial charge in [-0.2, -0.15) is 0 Å². The van der Waals surface area contributed by atoms with Crippen molar-refractivity contribution in [3.8, 4) is 0 Å². The summed E-state index contributed by atoms with van der Waals surface area (Å²) in [6, 6.07) is 6.74. The highest BCUT2D eigenvalue weighted by Gasteiger charge is 2.49. The van der Waals surface area contributed by atoms with E-state index in [-0.39, 0.29) is 12.5 Å². The van der Waals surface area contributed by atoms with Crippen LogP contribution in [0.25, 0.3) is 0 Å². The van der Waals surface area contributed by atoms with Gasteiger partial charge in [0.2, 0.25) is 5.91 Å². The second-order valence-corrected chi connectivity index (χ2v) is 7.96. The van der Waals surface area contributed by atoms with E-state index in [1.165, 1.54) is 0 Å². The molecule has 2 aliphatic rings. The molecule has 134 valence electrons. The molecule has 2 saturated heterocycles. The molecule has 6 nitrogen and oxygen atoms in total. The van der Waals surface area contributed by atoms with Gasteiger partial charge in [0, 0.05) is 17.6 Å². The molecule has 1 aromatic carbocycles. The van der Waals surface area contributed by atoms with Gasteiger partial charge in [-0.05, 0) is 43.4 Å². The number of amides is 4. The topological polar surface area (TPSA) is 69.7 Å². The number of piperidine rings is 1. The Balaban J connectivity index is 1.76. The molecule has 0 radical (unpaired) electrons. The molecule has 2 aliphatic heterocycles. The van der Waals surface area contributed by atoms with Crippen LogP contribution in [0.5, 0.6) is 0 Å². The SMILES string of the molecule is CC1CCCN(C(=O)CN2C(=O)NC(C)(c3cccc(Br)c3)C2=O)C1. The van der Waals surface area contributed by atoms with Crippen molar-refractivity contribution >= 4 is 33.8 Å². The average Bonchev–Trinajstić information content (AvgIpc) is 2.79. The number of carbonyl (C=O) groups is 3. The van der Waals surface area contributed by atoms with E-state index in [0.29, 0.717) is 24.6 Å². The minimum atomic E-state index is -1.16. The second-order valence-electron chi connectivity index (χ2n) is 7.04. The van der Waals surface area contributed by atoms with Crippen molar-refractivity contribution in [2.45, 2.75) is 32.2 Å². The summed E-state index contributed by atoms with van der Waals surface area (Å²) in [7, 11) is 0. The molecule has 0 spiro atoms.